The Balaban J connectivity index is 1.45. The van der Waals surface area contributed by atoms with E-state index in [0.717, 1.165) is 21.3 Å². The molecule has 178 valence electrons. The number of aromatic nitrogens is 2. The lowest BCUT2D eigenvalue weighted by atomic mass is 10.1. The molecular formula is C24H21N5O4S2. The Morgan fingerprint density at radius 3 is 2.51 bits per heavy atom. The van der Waals surface area contributed by atoms with Crippen molar-refractivity contribution in [2.75, 3.05) is 22.1 Å². The Morgan fingerprint density at radius 1 is 1.00 bits per heavy atom. The van der Waals surface area contributed by atoms with E-state index in [0.29, 0.717) is 11.5 Å². The second-order valence-corrected chi connectivity index (χ2v) is 11.2. The number of benzene rings is 2. The molecule has 0 spiro atoms. The Kier molecular flexibility index (Phi) is 5.95. The average Bonchev–Trinajstić information content (AvgIpc) is 3.24. The minimum Gasteiger partial charge on any atom is -0.347 e. The fourth-order valence-corrected chi connectivity index (χ4v) is 5.84. The van der Waals surface area contributed by atoms with Crippen LogP contribution in [0, 0.1) is 6.92 Å². The van der Waals surface area contributed by atoms with Gasteiger partial charge in [-0.1, -0.05) is 36.4 Å². The molecule has 0 atom stereocenters. The number of hydrogen-bond acceptors (Lipinski definition) is 8. The molecule has 5 rings (SSSR count). The Morgan fingerprint density at radius 2 is 1.74 bits per heavy atom. The fourth-order valence-electron chi connectivity index (χ4n) is 3.77. The second-order valence-electron chi connectivity index (χ2n) is 8.29. The van der Waals surface area contributed by atoms with Crippen LogP contribution >= 0.6 is 11.5 Å². The number of nitrogens with zero attached hydrogens (tertiary/aromatic N) is 2. The maximum absolute atomic E-state index is 13.2. The predicted octanol–water partition coefficient (Wildman–Crippen LogP) is 3.52. The largest absolute Gasteiger partial charge is 0.347 e. The summed E-state index contributed by atoms with van der Waals surface area (Å²) in [7, 11) is -3.07. The van der Waals surface area contributed by atoms with Crippen molar-refractivity contribution in [2.45, 2.75) is 13.0 Å². The summed E-state index contributed by atoms with van der Waals surface area (Å²) in [5.74, 6) is -0.705. The number of hydrogen-bond donors (Lipinski definition) is 3. The summed E-state index contributed by atoms with van der Waals surface area (Å²) in [6.45, 7) is 1.94. The highest BCUT2D eigenvalue weighted by molar-refractivity contribution is 7.92. The van der Waals surface area contributed by atoms with Gasteiger partial charge in [0.1, 0.15) is 5.69 Å². The molecule has 1 saturated heterocycles. The van der Waals surface area contributed by atoms with Gasteiger partial charge >= 0.3 is 0 Å². The van der Waals surface area contributed by atoms with Crippen LogP contribution in [-0.4, -0.2) is 47.1 Å². The van der Waals surface area contributed by atoms with Gasteiger partial charge in [-0.3, -0.25) is 9.59 Å². The molecule has 4 aromatic rings. The van der Waals surface area contributed by atoms with Gasteiger partial charge in [-0.15, -0.1) is 0 Å². The summed E-state index contributed by atoms with van der Waals surface area (Å²) < 4.78 is 28.0. The van der Waals surface area contributed by atoms with Gasteiger partial charge in [-0.25, -0.2) is 13.4 Å². The first-order valence-electron chi connectivity index (χ1n) is 10.8. The highest BCUT2D eigenvalue weighted by atomic mass is 32.2. The quantitative estimate of drug-likeness (QED) is 0.364. The van der Waals surface area contributed by atoms with Crippen molar-refractivity contribution in [3.63, 3.8) is 0 Å². The standard InChI is InChI=1S/C24H21N5O4S2/c1-14-6-2-4-8-18(14)27-22-19(28-24(31)21-17-7-3-5-9-20(17)34-29-21)10-15(11-25-22)23(30)26-16-12-35(32,33)13-16/h2-11,16H,12-13H2,1H3,(H,25,27)(H,26,30)(H,28,31). The van der Waals surface area contributed by atoms with Crippen molar-refractivity contribution in [2.24, 2.45) is 0 Å². The zero-order valence-corrected chi connectivity index (χ0v) is 20.2. The molecule has 3 N–H and O–H groups in total. The summed E-state index contributed by atoms with van der Waals surface area (Å²) in [6.07, 6.45) is 1.39. The van der Waals surface area contributed by atoms with Crippen LogP contribution in [0.25, 0.3) is 10.1 Å². The van der Waals surface area contributed by atoms with Crippen molar-refractivity contribution in [3.8, 4) is 0 Å². The van der Waals surface area contributed by atoms with Gasteiger partial charge in [0.15, 0.2) is 15.7 Å². The number of pyridine rings is 1. The van der Waals surface area contributed by atoms with Gasteiger partial charge in [0, 0.05) is 17.3 Å². The summed E-state index contributed by atoms with van der Waals surface area (Å²) in [5.41, 5.74) is 2.55. The fraction of sp³-hybridized carbons (Fsp3) is 0.167. The summed E-state index contributed by atoms with van der Waals surface area (Å²) in [5, 5.41) is 9.48. The topological polar surface area (TPSA) is 130 Å². The van der Waals surface area contributed by atoms with Crippen molar-refractivity contribution < 1.29 is 18.0 Å². The third kappa shape index (κ3) is 4.86. The van der Waals surface area contributed by atoms with Gasteiger partial charge in [0.2, 0.25) is 0 Å². The van der Waals surface area contributed by atoms with E-state index in [1.54, 1.807) is 0 Å². The molecule has 2 aromatic carbocycles. The number of rotatable bonds is 6. The molecule has 0 radical (unpaired) electrons. The third-order valence-electron chi connectivity index (χ3n) is 5.63. The molecule has 0 bridgehead atoms. The first-order valence-corrected chi connectivity index (χ1v) is 13.4. The van der Waals surface area contributed by atoms with Crippen LogP contribution < -0.4 is 16.0 Å². The lowest BCUT2D eigenvalue weighted by Crippen LogP contribution is -2.52. The maximum Gasteiger partial charge on any atom is 0.276 e. The highest BCUT2D eigenvalue weighted by Crippen LogP contribution is 2.28. The number of fused-ring (bicyclic) bond motifs is 1. The van der Waals surface area contributed by atoms with Crippen molar-refractivity contribution in [1.29, 1.82) is 0 Å². The van der Waals surface area contributed by atoms with Crippen molar-refractivity contribution >= 4 is 60.5 Å². The van der Waals surface area contributed by atoms with Gasteiger partial charge in [0.25, 0.3) is 11.8 Å². The van der Waals surface area contributed by atoms with E-state index in [4.69, 9.17) is 0 Å². The first-order chi connectivity index (χ1) is 16.8. The van der Waals surface area contributed by atoms with E-state index in [1.165, 1.54) is 23.8 Å². The van der Waals surface area contributed by atoms with Gasteiger partial charge in [-0.05, 0) is 42.2 Å². The maximum atomic E-state index is 13.2. The molecular weight excluding hydrogens is 486 g/mol. The van der Waals surface area contributed by atoms with Crippen LogP contribution in [0.4, 0.5) is 17.2 Å². The molecule has 1 aliphatic rings. The van der Waals surface area contributed by atoms with Gasteiger partial charge in [-0.2, -0.15) is 4.37 Å². The molecule has 3 heterocycles. The Hall–Kier alpha value is -3.83. The number of anilines is 3. The molecule has 9 nitrogen and oxygen atoms in total. The Bertz CT molecular complexity index is 1550. The zero-order chi connectivity index (χ0) is 24.6. The molecule has 2 amide bonds. The summed E-state index contributed by atoms with van der Waals surface area (Å²) >= 11 is 1.23. The number of carbonyl (C=O) groups is 2. The number of para-hydroxylation sites is 1. The SMILES string of the molecule is Cc1ccccc1Nc1ncc(C(=O)NC2CS(=O)(=O)C2)cc1NC(=O)c1nsc2ccccc12. The van der Waals surface area contributed by atoms with E-state index in [-0.39, 0.29) is 22.8 Å². The highest BCUT2D eigenvalue weighted by Gasteiger charge is 2.34. The predicted molar refractivity (Wildman–Crippen MR) is 136 cm³/mol. The first kappa shape index (κ1) is 22.9. The molecule has 0 saturated carbocycles. The summed E-state index contributed by atoms with van der Waals surface area (Å²) in [4.78, 5) is 30.3. The third-order valence-corrected chi connectivity index (χ3v) is 8.28. The van der Waals surface area contributed by atoms with Crippen molar-refractivity contribution in [1.82, 2.24) is 14.7 Å². The number of amides is 2. The van der Waals surface area contributed by atoms with Crippen molar-refractivity contribution in [3.05, 3.63) is 77.6 Å². The zero-order valence-electron chi connectivity index (χ0n) is 18.6. The van der Waals surface area contributed by atoms with Crippen LogP contribution in [0.5, 0.6) is 0 Å². The molecule has 2 aromatic heterocycles. The van der Waals surface area contributed by atoms with E-state index in [2.05, 4.69) is 25.3 Å². The molecule has 11 heteroatoms. The lowest BCUT2D eigenvalue weighted by Gasteiger charge is -2.26. The van der Waals surface area contributed by atoms with E-state index in [9.17, 15) is 18.0 Å². The minimum absolute atomic E-state index is 0.0837. The number of nitrogens with one attached hydrogen (secondary N) is 3. The molecule has 0 aliphatic carbocycles. The molecule has 1 aliphatic heterocycles. The number of carbonyl (C=O) groups excluding carboxylic acids is 2. The second kappa shape index (κ2) is 9.08. The Labute approximate surface area is 205 Å². The molecule has 0 unspecified atom stereocenters. The average molecular weight is 508 g/mol. The van der Waals surface area contributed by atoms with Crippen LogP contribution in [0.2, 0.25) is 0 Å². The van der Waals surface area contributed by atoms with E-state index in [1.807, 2.05) is 55.5 Å². The van der Waals surface area contributed by atoms with Gasteiger partial charge in [0.05, 0.1) is 33.5 Å². The smallest absolute Gasteiger partial charge is 0.276 e. The number of sulfone groups is 1. The van der Waals surface area contributed by atoms with E-state index >= 15 is 0 Å². The minimum atomic E-state index is -3.07. The molecule has 1 fully saturated rings. The molecule has 35 heavy (non-hydrogen) atoms. The van der Waals surface area contributed by atoms with Gasteiger partial charge < -0.3 is 16.0 Å². The monoisotopic (exact) mass is 507 g/mol. The normalized spacial score (nSPS) is 14.8. The van der Waals surface area contributed by atoms with Crippen LogP contribution in [0.15, 0.2) is 60.8 Å². The number of aryl methyl sites for hydroxylation is 1. The lowest BCUT2D eigenvalue weighted by molar-refractivity contribution is 0.0940. The van der Waals surface area contributed by atoms with Crippen LogP contribution in [-0.2, 0) is 9.84 Å². The summed E-state index contributed by atoms with van der Waals surface area (Å²) in [6, 6.07) is 16.1. The van der Waals surface area contributed by atoms with Crippen LogP contribution in [0.3, 0.4) is 0 Å². The van der Waals surface area contributed by atoms with Crippen LogP contribution in [0.1, 0.15) is 26.4 Å². The van der Waals surface area contributed by atoms with E-state index < -0.39 is 27.7 Å².